The zero-order valence-electron chi connectivity index (χ0n) is 13.2. The van der Waals surface area contributed by atoms with Gasteiger partial charge in [0.2, 0.25) is 0 Å². The van der Waals surface area contributed by atoms with Crippen LogP contribution in [0.4, 0.5) is 0 Å². The molecule has 18 heavy (non-hydrogen) atoms. The van der Waals surface area contributed by atoms with Gasteiger partial charge in [-0.2, -0.15) is 0 Å². The molecule has 1 fully saturated rings. The minimum absolute atomic E-state index is 0.367. The molecule has 5 unspecified atom stereocenters. The predicted octanol–water partition coefficient (Wildman–Crippen LogP) is 3.51. The molecule has 0 saturated carbocycles. The highest BCUT2D eigenvalue weighted by Gasteiger charge is 2.29. The Hall–Kier alpha value is -0.0800. The van der Waals surface area contributed by atoms with Crippen molar-refractivity contribution in [3.63, 3.8) is 0 Å². The molecular formula is C16H34N2. The third-order valence-corrected chi connectivity index (χ3v) is 4.62. The Labute approximate surface area is 114 Å². The van der Waals surface area contributed by atoms with Crippen LogP contribution in [-0.2, 0) is 0 Å². The molecule has 0 aromatic heterocycles. The Balaban J connectivity index is 2.31. The first-order valence-corrected chi connectivity index (χ1v) is 7.89. The van der Waals surface area contributed by atoms with E-state index in [0.29, 0.717) is 6.04 Å². The maximum Gasteiger partial charge on any atom is 0.00928 e. The number of hydrogen-bond acceptors (Lipinski definition) is 2. The van der Waals surface area contributed by atoms with Crippen molar-refractivity contribution in [1.82, 2.24) is 4.90 Å². The van der Waals surface area contributed by atoms with E-state index in [1.54, 1.807) is 0 Å². The summed E-state index contributed by atoms with van der Waals surface area (Å²) in [6.07, 6.45) is 5.18. The normalized spacial score (nSPS) is 33.3. The molecule has 2 heteroatoms. The monoisotopic (exact) mass is 254 g/mol. The van der Waals surface area contributed by atoms with Crippen LogP contribution in [0, 0.1) is 17.8 Å². The second-order valence-corrected chi connectivity index (χ2v) is 7.03. The first-order chi connectivity index (χ1) is 8.40. The summed E-state index contributed by atoms with van der Waals surface area (Å²) in [6, 6.07) is 1.13. The molecule has 5 atom stereocenters. The molecular weight excluding hydrogens is 220 g/mol. The minimum atomic E-state index is 0.367. The molecule has 1 aliphatic heterocycles. The van der Waals surface area contributed by atoms with Gasteiger partial charge in [0.05, 0.1) is 0 Å². The van der Waals surface area contributed by atoms with Crippen molar-refractivity contribution < 1.29 is 0 Å². The van der Waals surface area contributed by atoms with E-state index in [2.05, 4.69) is 39.5 Å². The summed E-state index contributed by atoms with van der Waals surface area (Å²) < 4.78 is 0. The number of nitrogens with two attached hydrogens (primary N) is 1. The van der Waals surface area contributed by atoms with Gasteiger partial charge in [-0.3, -0.25) is 4.90 Å². The van der Waals surface area contributed by atoms with Gasteiger partial charge in [0.1, 0.15) is 0 Å². The summed E-state index contributed by atoms with van der Waals surface area (Å²) in [7, 11) is 0. The van der Waals surface area contributed by atoms with Crippen LogP contribution in [0.15, 0.2) is 0 Å². The topological polar surface area (TPSA) is 29.3 Å². The number of likely N-dealkylation sites (tertiary alicyclic amines) is 1. The van der Waals surface area contributed by atoms with Crippen LogP contribution in [-0.4, -0.2) is 30.1 Å². The standard InChI is InChI=1S/C16H34N2/c1-12(7-6-8-15(4)17)10-18-11-13(2)9-14(3)16(18)5/h12-16H,6-11,17H2,1-5H3. The molecule has 2 nitrogen and oxygen atoms in total. The summed E-state index contributed by atoms with van der Waals surface area (Å²) in [4.78, 5) is 2.72. The molecule has 0 aromatic rings. The fourth-order valence-electron chi connectivity index (χ4n) is 3.35. The fourth-order valence-corrected chi connectivity index (χ4v) is 3.35. The average molecular weight is 254 g/mol. The van der Waals surface area contributed by atoms with E-state index in [-0.39, 0.29) is 0 Å². The number of rotatable bonds is 6. The van der Waals surface area contributed by atoms with E-state index < -0.39 is 0 Å². The van der Waals surface area contributed by atoms with E-state index in [1.807, 2.05) is 0 Å². The summed E-state index contributed by atoms with van der Waals surface area (Å²) in [6.45, 7) is 14.3. The second-order valence-electron chi connectivity index (χ2n) is 7.03. The van der Waals surface area contributed by atoms with Gasteiger partial charge in [-0.15, -0.1) is 0 Å². The largest absolute Gasteiger partial charge is 0.328 e. The van der Waals surface area contributed by atoms with E-state index in [0.717, 1.165) is 23.8 Å². The Kier molecular flexibility index (Phi) is 6.65. The van der Waals surface area contributed by atoms with Crippen molar-refractivity contribution in [3.05, 3.63) is 0 Å². The van der Waals surface area contributed by atoms with E-state index in [4.69, 9.17) is 5.73 Å². The van der Waals surface area contributed by atoms with E-state index in [9.17, 15) is 0 Å². The predicted molar refractivity (Wildman–Crippen MR) is 80.6 cm³/mol. The number of nitrogens with zero attached hydrogens (tertiary/aromatic N) is 1. The van der Waals surface area contributed by atoms with Crippen LogP contribution < -0.4 is 5.73 Å². The third-order valence-electron chi connectivity index (χ3n) is 4.62. The lowest BCUT2D eigenvalue weighted by molar-refractivity contribution is 0.0654. The zero-order valence-corrected chi connectivity index (χ0v) is 13.2. The fraction of sp³-hybridized carbons (Fsp3) is 1.00. The Morgan fingerprint density at radius 3 is 2.44 bits per heavy atom. The summed E-state index contributed by atoms with van der Waals surface area (Å²) in [5, 5.41) is 0. The maximum atomic E-state index is 5.81. The maximum absolute atomic E-state index is 5.81. The quantitative estimate of drug-likeness (QED) is 0.786. The smallest absolute Gasteiger partial charge is 0.00928 e. The highest BCUT2D eigenvalue weighted by molar-refractivity contribution is 4.82. The van der Waals surface area contributed by atoms with Gasteiger partial charge in [0.25, 0.3) is 0 Å². The van der Waals surface area contributed by atoms with Gasteiger partial charge in [0, 0.05) is 25.2 Å². The average Bonchev–Trinajstić information content (AvgIpc) is 2.24. The van der Waals surface area contributed by atoms with Crippen LogP contribution in [0.5, 0.6) is 0 Å². The number of hydrogen-bond donors (Lipinski definition) is 1. The summed E-state index contributed by atoms with van der Waals surface area (Å²) in [5.41, 5.74) is 5.81. The summed E-state index contributed by atoms with van der Waals surface area (Å²) >= 11 is 0. The van der Waals surface area contributed by atoms with Gasteiger partial charge in [-0.05, 0) is 50.9 Å². The van der Waals surface area contributed by atoms with Crippen molar-refractivity contribution in [2.45, 2.75) is 72.4 Å². The Morgan fingerprint density at radius 2 is 1.83 bits per heavy atom. The molecule has 0 radical (unpaired) electrons. The molecule has 0 amide bonds. The Bertz CT molecular complexity index is 227. The van der Waals surface area contributed by atoms with Gasteiger partial charge in [-0.1, -0.05) is 27.2 Å². The summed E-state index contributed by atoms with van der Waals surface area (Å²) in [5.74, 6) is 2.53. The Morgan fingerprint density at radius 1 is 1.17 bits per heavy atom. The molecule has 1 saturated heterocycles. The molecule has 0 aromatic carbocycles. The molecule has 2 N–H and O–H groups in total. The molecule has 0 bridgehead atoms. The van der Waals surface area contributed by atoms with Crippen LogP contribution in [0.1, 0.15) is 60.3 Å². The van der Waals surface area contributed by atoms with Gasteiger partial charge in [-0.25, -0.2) is 0 Å². The van der Waals surface area contributed by atoms with Gasteiger partial charge < -0.3 is 5.73 Å². The van der Waals surface area contributed by atoms with Crippen molar-refractivity contribution >= 4 is 0 Å². The molecule has 1 rings (SSSR count). The SMILES string of the molecule is CC(N)CCCC(C)CN1CC(C)CC(C)C1C. The second kappa shape index (κ2) is 7.49. The van der Waals surface area contributed by atoms with Crippen LogP contribution in [0.3, 0.4) is 0 Å². The molecule has 0 spiro atoms. The van der Waals surface area contributed by atoms with Gasteiger partial charge >= 0.3 is 0 Å². The van der Waals surface area contributed by atoms with Crippen LogP contribution in [0.25, 0.3) is 0 Å². The van der Waals surface area contributed by atoms with Gasteiger partial charge in [0.15, 0.2) is 0 Å². The van der Waals surface area contributed by atoms with Crippen LogP contribution in [0.2, 0.25) is 0 Å². The molecule has 1 aliphatic rings. The molecule has 0 aliphatic carbocycles. The molecule has 1 heterocycles. The number of piperidine rings is 1. The van der Waals surface area contributed by atoms with Crippen molar-refractivity contribution in [3.8, 4) is 0 Å². The van der Waals surface area contributed by atoms with Crippen molar-refractivity contribution in [2.24, 2.45) is 23.5 Å². The lowest BCUT2D eigenvalue weighted by Crippen LogP contribution is -2.47. The third kappa shape index (κ3) is 5.27. The van der Waals surface area contributed by atoms with Crippen molar-refractivity contribution in [1.29, 1.82) is 0 Å². The highest BCUT2D eigenvalue weighted by Crippen LogP contribution is 2.28. The van der Waals surface area contributed by atoms with Crippen molar-refractivity contribution in [2.75, 3.05) is 13.1 Å². The first kappa shape index (κ1) is 16.0. The van der Waals surface area contributed by atoms with E-state index >= 15 is 0 Å². The van der Waals surface area contributed by atoms with Crippen LogP contribution >= 0.6 is 0 Å². The lowest BCUT2D eigenvalue weighted by atomic mass is 9.85. The first-order valence-electron chi connectivity index (χ1n) is 7.89. The lowest BCUT2D eigenvalue weighted by Gasteiger charge is -2.42. The highest BCUT2D eigenvalue weighted by atomic mass is 15.2. The zero-order chi connectivity index (χ0) is 13.7. The minimum Gasteiger partial charge on any atom is -0.328 e. The van der Waals surface area contributed by atoms with E-state index in [1.165, 1.54) is 38.8 Å². The molecule has 108 valence electrons.